The molecule has 3 heteroatoms. The molecular formula is C11H9BrN2. The molecule has 1 aliphatic rings. The molecule has 1 aromatic carbocycles. The van der Waals surface area contributed by atoms with Crippen molar-refractivity contribution in [3.8, 4) is 0 Å². The van der Waals surface area contributed by atoms with Gasteiger partial charge in [0.2, 0.25) is 0 Å². The highest BCUT2D eigenvalue weighted by Crippen LogP contribution is 2.14. The lowest BCUT2D eigenvalue weighted by atomic mass is 10.2. The number of rotatable bonds is 0. The van der Waals surface area contributed by atoms with Gasteiger partial charge in [0.1, 0.15) is 5.49 Å². The minimum atomic E-state index is 0.875. The number of benzene rings is 1. The fraction of sp³-hybridized carbons (Fsp3) is 0.182. The minimum Gasteiger partial charge on any atom is -0.339 e. The van der Waals surface area contributed by atoms with Gasteiger partial charge in [-0.3, -0.25) is 4.99 Å². The number of para-hydroxylation sites is 1. The summed E-state index contributed by atoms with van der Waals surface area (Å²) < 4.78 is 1.26. The zero-order valence-corrected chi connectivity index (χ0v) is 9.13. The van der Waals surface area contributed by atoms with Crippen LogP contribution in [0.1, 0.15) is 6.42 Å². The van der Waals surface area contributed by atoms with Crippen molar-refractivity contribution in [3.05, 3.63) is 35.0 Å². The smallest absolute Gasteiger partial charge is 0.134 e. The number of nitrogens with zero attached hydrogens (tertiary/aromatic N) is 1. The number of hydrogen-bond donors (Lipinski definition) is 1. The van der Waals surface area contributed by atoms with Crippen LogP contribution in [0.5, 0.6) is 0 Å². The topological polar surface area (TPSA) is 28.1 Å². The van der Waals surface area contributed by atoms with Gasteiger partial charge in [-0.1, -0.05) is 34.1 Å². The molecule has 0 amide bonds. The lowest BCUT2D eigenvalue weighted by molar-refractivity contribution is 0.936. The van der Waals surface area contributed by atoms with Crippen molar-refractivity contribution in [3.63, 3.8) is 0 Å². The molecule has 1 aromatic heterocycles. The Balaban J connectivity index is 2.66. The van der Waals surface area contributed by atoms with Crippen LogP contribution in [0.3, 0.4) is 0 Å². The highest BCUT2D eigenvalue weighted by Gasteiger charge is 2.07. The fourth-order valence-corrected chi connectivity index (χ4v) is 2.49. The van der Waals surface area contributed by atoms with Crippen molar-refractivity contribution in [1.82, 2.24) is 4.98 Å². The molecule has 0 saturated heterocycles. The summed E-state index contributed by atoms with van der Waals surface area (Å²) in [5.41, 5.74) is 2.18. The van der Waals surface area contributed by atoms with E-state index in [9.17, 15) is 0 Å². The van der Waals surface area contributed by atoms with Gasteiger partial charge < -0.3 is 4.98 Å². The van der Waals surface area contributed by atoms with Crippen LogP contribution in [0.4, 0.5) is 0 Å². The zero-order chi connectivity index (χ0) is 9.54. The third-order valence-electron chi connectivity index (χ3n) is 2.56. The van der Waals surface area contributed by atoms with E-state index in [0.717, 1.165) is 18.5 Å². The van der Waals surface area contributed by atoms with E-state index in [1.807, 2.05) is 6.07 Å². The minimum absolute atomic E-state index is 0.875. The van der Waals surface area contributed by atoms with Crippen LogP contribution >= 0.6 is 15.9 Å². The van der Waals surface area contributed by atoms with E-state index in [4.69, 9.17) is 0 Å². The number of halogens is 1. The lowest BCUT2D eigenvalue weighted by Crippen LogP contribution is -2.28. The summed E-state index contributed by atoms with van der Waals surface area (Å²) in [5, 5.41) is 2.50. The largest absolute Gasteiger partial charge is 0.339 e. The van der Waals surface area contributed by atoms with Crippen molar-refractivity contribution < 1.29 is 0 Å². The van der Waals surface area contributed by atoms with Crippen molar-refractivity contribution in [1.29, 1.82) is 0 Å². The molecular weight excluding hydrogens is 240 g/mol. The Bertz CT molecular complexity index is 610. The second-order valence-electron chi connectivity index (χ2n) is 3.43. The Morgan fingerprint density at radius 3 is 3.07 bits per heavy atom. The monoisotopic (exact) mass is 248 g/mol. The van der Waals surface area contributed by atoms with Crippen LogP contribution in [0, 0.1) is 0 Å². The third-order valence-corrected chi connectivity index (χ3v) is 3.35. The number of hydrogen-bond acceptors (Lipinski definition) is 1. The molecule has 0 spiro atoms. The molecule has 2 nitrogen and oxygen atoms in total. The molecule has 0 bridgehead atoms. The van der Waals surface area contributed by atoms with Gasteiger partial charge in [0.05, 0.1) is 0 Å². The Hall–Kier alpha value is -1.09. The highest BCUT2D eigenvalue weighted by atomic mass is 79.9. The summed E-state index contributed by atoms with van der Waals surface area (Å²) in [6.07, 6.45) is 1.01. The fourth-order valence-electron chi connectivity index (χ4n) is 1.91. The standard InChI is InChI=1S/C11H9BrN2/c12-8-5-6-13-11-10(8)7-3-1-2-4-9(7)14-11/h1-4H,5-6H2,(H,13,14). The normalized spacial score (nSPS) is 15.4. The summed E-state index contributed by atoms with van der Waals surface area (Å²) in [5.74, 6) is 0. The van der Waals surface area contributed by atoms with E-state index in [0.29, 0.717) is 0 Å². The molecule has 14 heavy (non-hydrogen) atoms. The Morgan fingerprint density at radius 2 is 2.14 bits per heavy atom. The number of aromatic nitrogens is 1. The van der Waals surface area contributed by atoms with Gasteiger partial charge >= 0.3 is 0 Å². The Labute approximate surface area is 89.5 Å². The summed E-state index contributed by atoms with van der Waals surface area (Å²) in [6, 6.07) is 8.32. The first-order valence-electron chi connectivity index (χ1n) is 4.66. The second kappa shape index (κ2) is 2.95. The maximum atomic E-state index is 4.47. The Kier molecular flexibility index (Phi) is 1.74. The van der Waals surface area contributed by atoms with Gasteiger partial charge in [-0.25, -0.2) is 0 Å². The van der Waals surface area contributed by atoms with Crippen molar-refractivity contribution in [2.24, 2.45) is 4.99 Å². The summed E-state index contributed by atoms with van der Waals surface area (Å²) in [4.78, 5) is 7.80. The molecule has 2 heterocycles. The van der Waals surface area contributed by atoms with Crippen LogP contribution in [-0.4, -0.2) is 11.5 Å². The highest BCUT2D eigenvalue weighted by molar-refractivity contribution is 9.14. The number of H-pyrrole nitrogens is 1. The van der Waals surface area contributed by atoms with Crippen LogP contribution < -0.4 is 10.7 Å². The number of fused-ring (bicyclic) bond motifs is 3. The molecule has 0 radical (unpaired) electrons. The molecule has 0 unspecified atom stereocenters. The predicted octanol–water partition coefficient (Wildman–Crippen LogP) is 1.69. The van der Waals surface area contributed by atoms with Gasteiger partial charge in [0.15, 0.2) is 0 Å². The molecule has 0 aliphatic carbocycles. The molecule has 1 N–H and O–H groups in total. The third kappa shape index (κ3) is 1.05. The molecule has 0 fully saturated rings. The second-order valence-corrected chi connectivity index (χ2v) is 4.39. The number of aromatic amines is 1. The maximum absolute atomic E-state index is 4.47. The van der Waals surface area contributed by atoms with Crippen LogP contribution in [0.2, 0.25) is 0 Å². The average molecular weight is 249 g/mol. The van der Waals surface area contributed by atoms with Gasteiger partial charge in [0.25, 0.3) is 0 Å². The number of nitrogens with one attached hydrogen (secondary N) is 1. The summed E-state index contributed by atoms with van der Waals surface area (Å²) >= 11 is 3.62. The van der Waals surface area contributed by atoms with Gasteiger partial charge in [-0.05, 0) is 12.5 Å². The van der Waals surface area contributed by atoms with E-state index >= 15 is 0 Å². The van der Waals surface area contributed by atoms with E-state index in [1.54, 1.807) is 0 Å². The van der Waals surface area contributed by atoms with Crippen LogP contribution in [0.15, 0.2) is 29.3 Å². The molecule has 0 atom stereocenters. The summed E-state index contributed by atoms with van der Waals surface area (Å²) in [6.45, 7) is 0.875. The first-order chi connectivity index (χ1) is 6.86. The quantitative estimate of drug-likeness (QED) is 0.736. The van der Waals surface area contributed by atoms with E-state index in [2.05, 4.69) is 44.1 Å². The van der Waals surface area contributed by atoms with E-state index < -0.39 is 0 Å². The first-order valence-corrected chi connectivity index (χ1v) is 5.45. The average Bonchev–Trinajstić information content (AvgIpc) is 2.57. The first kappa shape index (κ1) is 8.24. The lowest BCUT2D eigenvalue weighted by Gasteiger charge is -1.99. The maximum Gasteiger partial charge on any atom is 0.134 e. The predicted molar refractivity (Wildman–Crippen MR) is 60.9 cm³/mol. The van der Waals surface area contributed by atoms with Crippen molar-refractivity contribution >= 4 is 31.3 Å². The van der Waals surface area contributed by atoms with Crippen molar-refractivity contribution in [2.75, 3.05) is 6.54 Å². The Morgan fingerprint density at radius 1 is 1.29 bits per heavy atom. The molecule has 1 aliphatic heterocycles. The molecule has 70 valence electrons. The van der Waals surface area contributed by atoms with Gasteiger partial charge in [-0.15, -0.1) is 0 Å². The summed E-state index contributed by atoms with van der Waals surface area (Å²) in [7, 11) is 0. The van der Waals surface area contributed by atoms with E-state index in [1.165, 1.54) is 20.6 Å². The van der Waals surface area contributed by atoms with Gasteiger partial charge in [-0.2, -0.15) is 0 Å². The molecule has 0 saturated carbocycles. The van der Waals surface area contributed by atoms with E-state index in [-0.39, 0.29) is 0 Å². The van der Waals surface area contributed by atoms with Crippen molar-refractivity contribution in [2.45, 2.75) is 6.42 Å². The molecule has 2 aromatic rings. The SMILES string of the molecule is BrC1=c2c([nH]c3ccccc23)=NCC1. The zero-order valence-electron chi connectivity index (χ0n) is 7.55. The van der Waals surface area contributed by atoms with Gasteiger partial charge in [0, 0.05) is 27.1 Å². The van der Waals surface area contributed by atoms with Crippen LogP contribution in [0.25, 0.3) is 15.4 Å². The van der Waals surface area contributed by atoms with Crippen LogP contribution in [-0.2, 0) is 0 Å². The molecule has 3 rings (SSSR count).